The van der Waals surface area contributed by atoms with Gasteiger partial charge >= 0.3 is 0 Å². The van der Waals surface area contributed by atoms with Crippen molar-refractivity contribution < 1.29 is 0 Å². The van der Waals surface area contributed by atoms with Crippen LogP contribution in [0.5, 0.6) is 0 Å². The summed E-state index contributed by atoms with van der Waals surface area (Å²) in [4.78, 5) is 4.68. The first kappa shape index (κ1) is 14.8. The molecule has 1 aliphatic heterocycles. The molecule has 1 N–H and O–H groups in total. The summed E-state index contributed by atoms with van der Waals surface area (Å²) in [5, 5.41) is 21.1. The highest BCUT2D eigenvalue weighted by Crippen LogP contribution is 2.23. The van der Waals surface area contributed by atoms with Crippen molar-refractivity contribution >= 4 is 17.1 Å². The van der Waals surface area contributed by atoms with Crippen LogP contribution in [0.1, 0.15) is 5.56 Å². The highest BCUT2D eigenvalue weighted by Gasteiger charge is 2.14. The number of nitriles is 2. The van der Waals surface area contributed by atoms with Gasteiger partial charge in [-0.25, -0.2) is 0 Å². The standard InChI is InChI=1S/C15H18N6/c1-12-9-14(21-7-5-20(2)6-8-21)3-4-15(12)19-18-13(10-16)11-17/h3-4,9,19H,5-8H2,1-2H3. The monoisotopic (exact) mass is 282 g/mol. The second-order valence-electron chi connectivity index (χ2n) is 5.09. The molecule has 6 heteroatoms. The number of benzene rings is 1. The van der Waals surface area contributed by atoms with Crippen molar-refractivity contribution in [2.45, 2.75) is 6.92 Å². The van der Waals surface area contributed by atoms with Crippen molar-refractivity contribution in [3.8, 4) is 12.1 Å². The number of nitrogens with one attached hydrogen (secondary N) is 1. The van der Waals surface area contributed by atoms with E-state index < -0.39 is 0 Å². The molecule has 0 spiro atoms. The van der Waals surface area contributed by atoms with E-state index in [9.17, 15) is 0 Å². The number of likely N-dealkylation sites (N-methyl/N-ethyl adjacent to an activating group) is 1. The van der Waals surface area contributed by atoms with Crippen LogP contribution in [0.25, 0.3) is 0 Å². The smallest absolute Gasteiger partial charge is 0.237 e. The molecule has 2 rings (SSSR count). The first-order valence-electron chi connectivity index (χ1n) is 6.82. The zero-order chi connectivity index (χ0) is 15.2. The van der Waals surface area contributed by atoms with Gasteiger partial charge in [0.2, 0.25) is 5.71 Å². The maximum Gasteiger partial charge on any atom is 0.237 e. The first-order valence-corrected chi connectivity index (χ1v) is 6.82. The molecule has 0 radical (unpaired) electrons. The van der Waals surface area contributed by atoms with Gasteiger partial charge in [-0.05, 0) is 37.7 Å². The molecule has 1 saturated heterocycles. The van der Waals surface area contributed by atoms with E-state index in [1.165, 1.54) is 5.69 Å². The Labute approximate surface area is 124 Å². The zero-order valence-corrected chi connectivity index (χ0v) is 12.3. The summed E-state index contributed by atoms with van der Waals surface area (Å²) in [5.41, 5.74) is 5.61. The Morgan fingerprint density at radius 2 is 1.86 bits per heavy atom. The third-order valence-electron chi connectivity index (χ3n) is 3.58. The van der Waals surface area contributed by atoms with Crippen LogP contribution in [0, 0.1) is 29.6 Å². The van der Waals surface area contributed by atoms with Crippen molar-refractivity contribution in [2.75, 3.05) is 43.6 Å². The second kappa shape index (κ2) is 6.74. The molecule has 1 aliphatic rings. The summed E-state index contributed by atoms with van der Waals surface area (Å²) in [5.74, 6) is 0. The Kier molecular flexibility index (Phi) is 4.76. The van der Waals surface area contributed by atoms with Crippen LogP contribution in [0.3, 0.4) is 0 Å². The predicted octanol–water partition coefficient (Wildman–Crippen LogP) is 1.56. The van der Waals surface area contributed by atoms with Crippen molar-refractivity contribution in [2.24, 2.45) is 5.10 Å². The van der Waals surface area contributed by atoms with Crippen LogP contribution in [-0.4, -0.2) is 43.8 Å². The molecule has 6 nitrogen and oxygen atoms in total. The van der Waals surface area contributed by atoms with E-state index in [0.717, 1.165) is 37.4 Å². The first-order chi connectivity index (χ1) is 10.1. The van der Waals surface area contributed by atoms with Crippen LogP contribution in [0.4, 0.5) is 11.4 Å². The van der Waals surface area contributed by atoms with Crippen LogP contribution in [-0.2, 0) is 0 Å². The molecule has 0 unspecified atom stereocenters. The molecular weight excluding hydrogens is 264 g/mol. The minimum atomic E-state index is -0.183. The van der Waals surface area contributed by atoms with Crippen LogP contribution in [0.15, 0.2) is 23.3 Å². The molecule has 0 saturated carbocycles. The lowest BCUT2D eigenvalue weighted by Gasteiger charge is -2.34. The number of hydrazone groups is 1. The molecule has 0 atom stereocenters. The molecule has 0 aromatic heterocycles. The lowest BCUT2D eigenvalue weighted by atomic mass is 10.1. The summed E-state index contributed by atoms with van der Waals surface area (Å²) in [6, 6.07) is 9.51. The fourth-order valence-electron chi connectivity index (χ4n) is 2.23. The fourth-order valence-corrected chi connectivity index (χ4v) is 2.23. The summed E-state index contributed by atoms with van der Waals surface area (Å²) >= 11 is 0. The molecule has 0 amide bonds. The molecular formula is C15H18N6. The third kappa shape index (κ3) is 3.71. The SMILES string of the molecule is Cc1cc(N2CCN(C)CC2)ccc1NN=C(C#N)C#N. The fraction of sp³-hybridized carbons (Fsp3) is 0.400. The number of hydrogen-bond acceptors (Lipinski definition) is 6. The van der Waals surface area contributed by atoms with E-state index in [2.05, 4.69) is 33.4 Å². The number of rotatable bonds is 3. The molecule has 0 aliphatic carbocycles. The average molecular weight is 282 g/mol. The maximum absolute atomic E-state index is 8.66. The van der Waals surface area contributed by atoms with E-state index in [0.29, 0.717) is 0 Å². The van der Waals surface area contributed by atoms with Crippen molar-refractivity contribution in [3.05, 3.63) is 23.8 Å². The van der Waals surface area contributed by atoms with Gasteiger partial charge in [-0.15, -0.1) is 0 Å². The van der Waals surface area contributed by atoms with Crippen LogP contribution >= 0.6 is 0 Å². The normalized spacial score (nSPS) is 15.0. The van der Waals surface area contributed by atoms with Gasteiger partial charge in [-0.3, -0.25) is 5.43 Å². The van der Waals surface area contributed by atoms with Gasteiger partial charge < -0.3 is 9.80 Å². The quantitative estimate of drug-likeness (QED) is 0.672. The summed E-state index contributed by atoms with van der Waals surface area (Å²) in [6.07, 6.45) is 0. The largest absolute Gasteiger partial charge is 0.369 e. The van der Waals surface area contributed by atoms with Gasteiger partial charge in [-0.1, -0.05) is 0 Å². The Bertz CT molecular complexity index is 598. The zero-order valence-electron chi connectivity index (χ0n) is 12.3. The average Bonchev–Trinajstić information content (AvgIpc) is 2.50. The lowest BCUT2D eigenvalue weighted by molar-refractivity contribution is 0.313. The topological polar surface area (TPSA) is 78.4 Å². The number of piperazine rings is 1. The predicted molar refractivity (Wildman–Crippen MR) is 83.2 cm³/mol. The summed E-state index contributed by atoms with van der Waals surface area (Å²) < 4.78 is 0. The molecule has 21 heavy (non-hydrogen) atoms. The van der Waals surface area contributed by atoms with Crippen molar-refractivity contribution in [3.63, 3.8) is 0 Å². The lowest BCUT2D eigenvalue weighted by Crippen LogP contribution is -2.44. The molecule has 1 fully saturated rings. The van der Waals surface area contributed by atoms with E-state index in [-0.39, 0.29) is 5.71 Å². The van der Waals surface area contributed by atoms with Gasteiger partial charge in [-0.2, -0.15) is 15.6 Å². The number of hydrogen-bond donors (Lipinski definition) is 1. The minimum absolute atomic E-state index is 0.183. The van der Waals surface area contributed by atoms with E-state index in [1.54, 1.807) is 12.1 Å². The van der Waals surface area contributed by atoms with Gasteiger partial charge in [0.1, 0.15) is 12.1 Å². The minimum Gasteiger partial charge on any atom is -0.369 e. The molecule has 1 aromatic rings. The van der Waals surface area contributed by atoms with Gasteiger partial charge in [0.15, 0.2) is 0 Å². The van der Waals surface area contributed by atoms with Crippen LogP contribution < -0.4 is 10.3 Å². The molecule has 1 heterocycles. The van der Waals surface area contributed by atoms with E-state index in [1.807, 2.05) is 19.1 Å². The maximum atomic E-state index is 8.66. The van der Waals surface area contributed by atoms with E-state index in [4.69, 9.17) is 10.5 Å². The highest BCUT2D eigenvalue weighted by atomic mass is 15.3. The van der Waals surface area contributed by atoms with Gasteiger partial charge in [0.25, 0.3) is 0 Å². The highest BCUT2D eigenvalue weighted by molar-refractivity contribution is 6.10. The van der Waals surface area contributed by atoms with Crippen molar-refractivity contribution in [1.29, 1.82) is 10.5 Å². The summed E-state index contributed by atoms with van der Waals surface area (Å²) in [7, 11) is 2.13. The molecule has 0 bridgehead atoms. The van der Waals surface area contributed by atoms with Gasteiger partial charge in [0.05, 0.1) is 5.69 Å². The molecule has 1 aromatic carbocycles. The van der Waals surface area contributed by atoms with Crippen molar-refractivity contribution in [1.82, 2.24) is 4.90 Å². The Hall–Kier alpha value is -2.57. The third-order valence-corrected chi connectivity index (χ3v) is 3.58. The van der Waals surface area contributed by atoms with E-state index >= 15 is 0 Å². The summed E-state index contributed by atoms with van der Waals surface area (Å²) in [6.45, 7) is 6.16. The Morgan fingerprint density at radius 3 is 2.43 bits per heavy atom. The number of aryl methyl sites for hydroxylation is 1. The Morgan fingerprint density at radius 1 is 1.19 bits per heavy atom. The number of anilines is 2. The van der Waals surface area contributed by atoms with Gasteiger partial charge in [0, 0.05) is 31.9 Å². The second-order valence-corrected chi connectivity index (χ2v) is 5.09. The number of nitrogens with zero attached hydrogens (tertiary/aromatic N) is 5. The van der Waals surface area contributed by atoms with Crippen LogP contribution in [0.2, 0.25) is 0 Å². The molecule has 108 valence electrons. The Balaban J connectivity index is 2.10.